The van der Waals surface area contributed by atoms with Gasteiger partial charge in [-0.05, 0) is 39.0 Å². The number of benzene rings is 1. The van der Waals surface area contributed by atoms with E-state index >= 15 is 0 Å². The predicted molar refractivity (Wildman–Crippen MR) is 163 cm³/mol. The van der Waals surface area contributed by atoms with E-state index in [0.717, 1.165) is 0 Å². The van der Waals surface area contributed by atoms with Crippen molar-refractivity contribution < 1.29 is 38.6 Å². The van der Waals surface area contributed by atoms with Gasteiger partial charge in [0.15, 0.2) is 6.10 Å². The fourth-order valence-electron chi connectivity index (χ4n) is 5.41. The molecule has 0 spiro atoms. The molecule has 46 heavy (non-hydrogen) atoms. The predicted octanol–water partition coefficient (Wildman–Crippen LogP) is 2.98. The number of Topliss-reactive ketones (excluding diaryl/α,β-unsaturated/α-hetero) is 1. The summed E-state index contributed by atoms with van der Waals surface area (Å²) in [6, 6.07) is 10.1. The quantitative estimate of drug-likeness (QED) is 0.134. The Balaban J connectivity index is 1.42. The molecule has 1 aliphatic heterocycles. The molecule has 2 amide bonds. The number of ketones is 1. The maximum Gasteiger partial charge on any atom is 0.309 e. The van der Waals surface area contributed by atoms with Crippen LogP contribution in [0.1, 0.15) is 65.4 Å². The van der Waals surface area contributed by atoms with Gasteiger partial charge < -0.3 is 29.4 Å². The Hall–Kier alpha value is -5.53. The average Bonchev–Trinajstić information content (AvgIpc) is 3.74. The highest BCUT2D eigenvalue weighted by Gasteiger charge is 2.36. The number of carbonyl (C=O) groups is 5. The van der Waals surface area contributed by atoms with Gasteiger partial charge in [-0.3, -0.25) is 34.1 Å². The summed E-state index contributed by atoms with van der Waals surface area (Å²) < 4.78 is 11.2. The summed E-state index contributed by atoms with van der Waals surface area (Å²) in [4.78, 5) is 75.4. The fraction of sp³-hybridized carbons (Fsp3) is 0.344. The molecule has 3 aromatic heterocycles. The van der Waals surface area contributed by atoms with Gasteiger partial charge in [-0.15, -0.1) is 0 Å². The van der Waals surface area contributed by atoms with Crippen molar-refractivity contribution in [1.82, 2.24) is 30.0 Å². The van der Waals surface area contributed by atoms with E-state index in [1.54, 1.807) is 35.2 Å². The number of nitrogens with one attached hydrogen (secondary N) is 2. The number of methoxy groups -OCH3 is 1. The number of carbonyl (C=O) groups excluding carboxylic acids is 4. The second-order valence-corrected chi connectivity index (χ2v) is 11.7. The number of fused-ring (bicyclic) bond motifs is 1. The lowest BCUT2D eigenvalue weighted by molar-refractivity contribution is -0.158. The van der Waals surface area contributed by atoms with Crippen LogP contribution in [-0.2, 0) is 19.1 Å². The number of aromatic amines is 2. The van der Waals surface area contributed by atoms with Gasteiger partial charge in [-0.2, -0.15) is 5.10 Å². The molecule has 3 N–H and O–H groups in total. The van der Waals surface area contributed by atoms with Crippen LogP contribution in [0.15, 0.2) is 55.0 Å². The molecule has 14 heteroatoms. The van der Waals surface area contributed by atoms with Crippen LogP contribution < -0.4 is 4.74 Å². The number of pyridine rings is 1. The van der Waals surface area contributed by atoms with Gasteiger partial charge in [0.2, 0.25) is 0 Å². The van der Waals surface area contributed by atoms with Crippen molar-refractivity contribution in [2.75, 3.05) is 26.7 Å². The van der Waals surface area contributed by atoms with Crippen LogP contribution in [0, 0.1) is 5.41 Å². The highest BCUT2D eigenvalue weighted by atomic mass is 16.5. The normalized spacial score (nSPS) is 15.8. The Morgan fingerprint density at radius 3 is 2.48 bits per heavy atom. The summed E-state index contributed by atoms with van der Waals surface area (Å²) in [6.45, 7) is 5.24. The summed E-state index contributed by atoms with van der Waals surface area (Å²) >= 11 is 0. The maximum atomic E-state index is 13.7. The molecule has 1 aliphatic rings. The van der Waals surface area contributed by atoms with Crippen LogP contribution in [0.4, 0.5) is 0 Å². The van der Waals surface area contributed by atoms with Crippen molar-refractivity contribution in [3.05, 3.63) is 77.5 Å². The number of aromatic nitrogens is 4. The maximum absolute atomic E-state index is 13.7. The van der Waals surface area contributed by atoms with Crippen LogP contribution in [-0.4, -0.2) is 97.4 Å². The second-order valence-electron chi connectivity index (χ2n) is 11.7. The third kappa shape index (κ3) is 6.18. The third-order valence-corrected chi connectivity index (χ3v) is 8.03. The standard InChI is InChI=1S/C32H34N6O8/c1-18-17-37(12-13-38(18)29(41)19-8-6-5-7-9-19)30(42)27(40)20-15-33-25-24(20)22(45-4)16-34-26(25)28(21-10-11-35-36-21)46-23(39)14-32(2,3)31(43)44/h5-11,15-16,18,28,33H,12-14,17H2,1-4H3,(H,35,36)(H,43,44). The van der Waals surface area contributed by atoms with Crippen LogP contribution in [0.25, 0.3) is 10.9 Å². The number of amides is 2. The highest BCUT2D eigenvalue weighted by Crippen LogP contribution is 2.36. The lowest BCUT2D eigenvalue weighted by Gasteiger charge is -2.39. The molecule has 14 nitrogen and oxygen atoms in total. The van der Waals surface area contributed by atoms with E-state index in [2.05, 4.69) is 20.2 Å². The van der Waals surface area contributed by atoms with E-state index in [-0.39, 0.29) is 59.5 Å². The first kappa shape index (κ1) is 31.9. The molecule has 1 fully saturated rings. The molecule has 0 aliphatic carbocycles. The third-order valence-electron chi connectivity index (χ3n) is 8.03. The van der Waals surface area contributed by atoms with E-state index in [1.165, 1.54) is 44.4 Å². The van der Waals surface area contributed by atoms with Crippen LogP contribution in [0.3, 0.4) is 0 Å². The topological polar surface area (TPSA) is 188 Å². The SMILES string of the molecule is COc1cnc(C(OC(=O)CC(C)(C)C(=O)O)c2ccn[nH]2)c2[nH]cc(C(=O)C(=O)N3CCN(C(=O)c4ccccc4)C(C)C3)c12. The number of carboxylic acids is 1. The number of esters is 1. The molecule has 2 unspecified atom stereocenters. The molecule has 2 atom stereocenters. The Morgan fingerprint density at radius 1 is 1.11 bits per heavy atom. The second kappa shape index (κ2) is 12.8. The average molecular weight is 631 g/mol. The van der Waals surface area contributed by atoms with Gasteiger partial charge in [-0.25, -0.2) is 0 Å². The zero-order valence-electron chi connectivity index (χ0n) is 25.8. The minimum absolute atomic E-state index is 0.0256. The van der Waals surface area contributed by atoms with Crippen molar-refractivity contribution in [2.45, 2.75) is 39.3 Å². The Bertz CT molecular complexity index is 1780. The smallest absolute Gasteiger partial charge is 0.309 e. The highest BCUT2D eigenvalue weighted by molar-refractivity contribution is 6.45. The zero-order chi connectivity index (χ0) is 33.2. The van der Waals surface area contributed by atoms with Gasteiger partial charge in [0.1, 0.15) is 11.4 Å². The first-order valence-electron chi connectivity index (χ1n) is 14.6. The number of aliphatic carboxylic acids is 1. The molecule has 1 saturated heterocycles. The molecule has 4 heterocycles. The molecule has 4 aromatic rings. The van der Waals surface area contributed by atoms with Crippen molar-refractivity contribution in [2.24, 2.45) is 5.41 Å². The monoisotopic (exact) mass is 630 g/mol. The molecule has 240 valence electrons. The number of hydrogen-bond acceptors (Lipinski definition) is 9. The minimum Gasteiger partial charge on any atom is -0.494 e. The van der Waals surface area contributed by atoms with Gasteiger partial charge in [0, 0.05) is 43.6 Å². The van der Waals surface area contributed by atoms with E-state index in [0.29, 0.717) is 11.3 Å². The van der Waals surface area contributed by atoms with E-state index in [1.807, 2.05) is 13.0 Å². The Labute approximate surface area is 263 Å². The largest absolute Gasteiger partial charge is 0.494 e. The van der Waals surface area contributed by atoms with E-state index in [4.69, 9.17) is 9.47 Å². The van der Waals surface area contributed by atoms with E-state index < -0.39 is 41.6 Å². The summed E-state index contributed by atoms with van der Waals surface area (Å²) in [5.74, 6) is -3.45. The Kier molecular flexibility index (Phi) is 8.89. The summed E-state index contributed by atoms with van der Waals surface area (Å²) in [5, 5.41) is 16.4. The molecule has 0 bridgehead atoms. The lowest BCUT2D eigenvalue weighted by Crippen LogP contribution is -2.56. The summed E-state index contributed by atoms with van der Waals surface area (Å²) in [7, 11) is 1.39. The molecule has 0 saturated carbocycles. The number of carboxylic acid groups (broad SMARTS) is 1. The number of hydrogen-bond donors (Lipinski definition) is 3. The minimum atomic E-state index is -1.39. The van der Waals surface area contributed by atoms with Crippen molar-refractivity contribution in [3.63, 3.8) is 0 Å². The molecule has 5 rings (SSSR count). The molecular formula is C32H34N6O8. The first-order chi connectivity index (χ1) is 21.9. The molecule has 1 aromatic carbocycles. The van der Waals surface area contributed by atoms with Gasteiger partial charge in [-0.1, -0.05) is 18.2 Å². The Morgan fingerprint density at radius 2 is 1.85 bits per heavy atom. The van der Waals surface area contributed by atoms with Crippen molar-refractivity contribution in [1.29, 1.82) is 0 Å². The number of ether oxygens (including phenoxy) is 2. The molecule has 0 radical (unpaired) electrons. The molecular weight excluding hydrogens is 596 g/mol. The van der Waals surface area contributed by atoms with Crippen LogP contribution in [0.5, 0.6) is 5.75 Å². The number of H-pyrrole nitrogens is 2. The lowest BCUT2D eigenvalue weighted by atomic mass is 9.90. The van der Waals surface area contributed by atoms with Crippen molar-refractivity contribution >= 4 is 40.4 Å². The number of rotatable bonds is 10. The van der Waals surface area contributed by atoms with E-state index in [9.17, 15) is 29.1 Å². The zero-order valence-corrected chi connectivity index (χ0v) is 25.8. The summed E-state index contributed by atoms with van der Waals surface area (Å²) in [5.41, 5.74) is -0.0249. The van der Waals surface area contributed by atoms with Crippen LogP contribution in [0.2, 0.25) is 0 Å². The first-order valence-corrected chi connectivity index (χ1v) is 14.6. The van der Waals surface area contributed by atoms with Gasteiger partial charge in [0.05, 0.1) is 47.3 Å². The van der Waals surface area contributed by atoms with Gasteiger partial charge in [0.25, 0.3) is 17.6 Å². The van der Waals surface area contributed by atoms with Gasteiger partial charge >= 0.3 is 11.9 Å². The fourth-order valence-corrected chi connectivity index (χ4v) is 5.41. The number of piperazine rings is 1. The number of nitrogens with zero attached hydrogens (tertiary/aromatic N) is 4. The van der Waals surface area contributed by atoms with Crippen LogP contribution >= 0.6 is 0 Å². The summed E-state index contributed by atoms with van der Waals surface area (Å²) in [6.07, 6.45) is 2.59. The van der Waals surface area contributed by atoms with Crippen molar-refractivity contribution in [3.8, 4) is 5.75 Å².